The molecule has 2 heterocycles. The van der Waals surface area contributed by atoms with Crippen molar-refractivity contribution in [1.29, 1.82) is 0 Å². The summed E-state index contributed by atoms with van der Waals surface area (Å²) in [5, 5.41) is 4.31. The fraction of sp³-hybridized carbons (Fsp3) is 0.364. The van der Waals surface area contributed by atoms with E-state index in [1.165, 1.54) is 16.1 Å². The molecule has 1 aromatic heterocycles. The second-order valence-electron chi connectivity index (χ2n) is 7.17. The highest BCUT2D eigenvalue weighted by atomic mass is 16.5. The maximum atomic E-state index is 12.5. The molecular formula is C22H27N5O2. The summed E-state index contributed by atoms with van der Waals surface area (Å²) in [5.74, 6) is 1.59. The van der Waals surface area contributed by atoms with Gasteiger partial charge in [-0.15, -0.1) is 0 Å². The van der Waals surface area contributed by atoms with Gasteiger partial charge in [-0.3, -0.25) is 0 Å². The highest BCUT2D eigenvalue weighted by molar-refractivity contribution is 5.54. The third kappa shape index (κ3) is 3.72. The molecule has 0 saturated carbocycles. The summed E-state index contributed by atoms with van der Waals surface area (Å²) in [4.78, 5) is 17.2. The highest BCUT2D eigenvalue weighted by Gasteiger charge is 2.18. The standard InChI is InChI=1S/C22H27N5O2/c1-4-26-22(28)27(17(2)23-26)20-7-5-18(6-8-20)24-13-15-25(16-14-24)19-9-11-21(29-3)12-10-19/h5-12H,4,13-16H2,1-3H3. The monoisotopic (exact) mass is 393 g/mol. The molecule has 7 nitrogen and oxygen atoms in total. The van der Waals surface area contributed by atoms with Crippen LogP contribution in [0.4, 0.5) is 11.4 Å². The van der Waals surface area contributed by atoms with Crippen molar-refractivity contribution in [2.24, 2.45) is 0 Å². The van der Waals surface area contributed by atoms with Gasteiger partial charge in [0.25, 0.3) is 0 Å². The van der Waals surface area contributed by atoms with E-state index in [0.29, 0.717) is 12.4 Å². The number of piperazine rings is 1. The number of benzene rings is 2. The lowest BCUT2D eigenvalue weighted by molar-refractivity contribution is 0.415. The molecule has 0 spiro atoms. The summed E-state index contributed by atoms with van der Waals surface area (Å²) in [6.45, 7) is 8.21. The molecule has 29 heavy (non-hydrogen) atoms. The quantitative estimate of drug-likeness (QED) is 0.667. The lowest BCUT2D eigenvalue weighted by Gasteiger charge is -2.37. The third-order valence-electron chi connectivity index (χ3n) is 5.49. The smallest absolute Gasteiger partial charge is 0.350 e. The predicted molar refractivity (Wildman–Crippen MR) is 116 cm³/mol. The van der Waals surface area contributed by atoms with Gasteiger partial charge in [-0.05, 0) is 62.4 Å². The van der Waals surface area contributed by atoms with Gasteiger partial charge in [-0.25, -0.2) is 14.0 Å². The number of hydrogen-bond acceptors (Lipinski definition) is 5. The molecule has 2 aromatic carbocycles. The fourth-order valence-electron chi connectivity index (χ4n) is 3.85. The molecule has 0 unspecified atom stereocenters. The summed E-state index contributed by atoms with van der Waals surface area (Å²) in [6.07, 6.45) is 0. The molecule has 0 amide bonds. The van der Waals surface area contributed by atoms with Crippen molar-refractivity contribution >= 4 is 11.4 Å². The zero-order valence-corrected chi connectivity index (χ0v) is 17.2. The molecule has 1 fully saturated rings. The van der Waals surface area contributed by atoms with Crippen molar-refractivity contribution in [3.05, 3.63) is 64.8 Å². The average Bonchev–Trinajstić information content (AvgIpc) is 3.07. The summed E-state index contributed by atoms with van der Waals surface area (Å²) >= 11 is 0. The topological polar surface area (TPSA) is 55.5 Å². The van der Waals surface area contributed by atoms with Crippen molar-refractivity contribution in [3.63, 3.8) is 0 Å². The molecule has 0 N–H and O–H groups in total. The largest absolute Gasteiger partial charge is 0.497 e. The number of rotatable bonds is 5. The van der Waals surface area contributed by atoms with Crippen LogP contribution in [0.25, 0.3) is 5.69 Å². The fourth-order valence-corrected chi connectivity index (χ4v) is 3.85. The Morgan fingerprint density at radius 3 is 1.79 bits per heavy atom. The van der Waals surface area contributed by atoms with E-state index in [4.69, 9.17) is 4.74 Å². The van der Waals surface area contributed by atoms with E-state index in [-0.39, 0.29) is 5.69 Å². The predicted octanol–water partition coefficient (Wildman–Crippen LogP) is 2.70. The van der Waals surface area contributed by atoms with Crippen molar-refractivity contribution in [2.45, 2.75) is 20.4 Å². The minimum atomic E-state index is -0.0918. The van der Waals surface area contributed by atoms with Crippen LogP contribution in [0.3, 0.4) is 0 Å². The molecule has 0 radical (unpaired) electrons. The molecule has 0 bridgehead atoms. The van der Waals surface area contributed by atoms with Gasteiger partial charge >= 0.3 is 5.69 Å². The number of aromatic nitrogens is 3. The van der Waals surface area contributed by atoms with Crippen LogP contribution in [0.5, 0.6) is 5.75 Å². The average molecular weight is 393 g/mol. The number of anilines is 2. The summed E-state index contributed by atoms with van der Waals surface area (Å²) in [5.41, 5.74) is 3.17. The normalized spacial score (nSPS) is 14.3. The lowest BCUT2D eigenvalue weighted by Crippen LogP contribution is -2.46. The Labute approximate surface area is 170 Å². The summed E-state index contributed by atoms with van der Waals surface area (Å²) in [7, 11) is 1.69. The highest BCUT2D eigenvalue weighted by Crippen LogP contribution is 2.23. The Kier molecular flexibility index (Phi) is 5.29. The molecule has 0 aliphatic carbocycles. The SMILES string of the molecule is CCn1nc(C)n(-c2ccc(N3CCN(c4ccc(OC)cc4)CC3)cc2)c1=O. The first-order valence-electron chi connectivity index (χ1n) is 10.0. The van der Waals surface area contributed by atoms with Gasteiger partial charge in [0.1, 0.15) is 11.6 Å². The Balaban J connectivity index is 1.44. The van der Waals surface area contributed by atoms with Crippen molar-refractivity contribution < 1.29 is 4.74 Å². The first-order valence-corrected chi connectivity index (χ1v) is 10.0. The van der Waals surface area contributed by atoms with Crippen molar-refractivity contribution in [2.75, 3.05) is 43.1 Å². The molecule has 3 aromatic rings. The first-order chi connectivity index (χ1) is 14.1. The van der Waals surface area contributed by atoms with Crippen LogP contribution in [-0.2, 0) is 6.54 Å². The van der Waals surface area contributed by atoms with E-state index in [1.807, 2.05) is 38.1 Å². The minimum Gasteiger partial charge on any atom is -0.497 e. The van der Waals surface area contributed by atoms with Crippen LogP contribution in [0.1, 0.15) is 12.7 Å². The number of methoxy groups -OCH3 is 1. The van der Waals surface area contributed by atoms with Crippen LogP contribution in [0, 0.1) is 6.92 Å². The van der Waals surface area contributed by atoms with E-state index in [2.05, 4.69) is 39.2 Å². The molecule has 7 heteroatoms. The van der Waals surface area contributed by atoms with Crippen LogP contribution in [-0.4, -0.2) is 47.6 Å². The van der Waals surface area contributed by atoms with Gasteiger partial charge in [0.15, 0.2) is 0 Å². The lowest BCUT2D eigenvalue weighted by atomic mass is 10.2. The Hall–Kier alpha value is -3.22. The van der Waals surface area contributed by atoms with Gasteiger partial charge in [0, 0.05) is 44.1 Å². The molecule has 152 valence electrons. The second kappa shape index (κ2) is 8.03. The zero-order chi connectivity index (χ0) is 20.4. The van der Waals surface area contributed by atoms with E-state index in [1.54, 1.807) is 11.7 Å². The van der Waals surface area contributed by atoms with E-state index >= 15 is 0 Å². The van der Waals surface area contributed by atoms with Gasteiger partial charge in [-0.2, -0.15) is 5.10 Å². The maximum Gasteiger partial charge on any atom is 0.350 e. The van der Waals surface area contributed by atoms with Crippen LogP contribution in [0.2, 0.25) is 0 Å². The number of nitrogens with zero attached hydrogens (tertiary/aromatic N) is 5. The van der Waals surface area contributed by atoms with Crippen LogP contribution in [0.15, 0.2) is 53.3 Å². The van der Waals surface area contributed by atoms with Gasteiger partial charge in [0.05, 0.1) is 12.8 Å². The molecule has 0 atom stereocenters. The van der Waals surface area contributed by atoms with Crippen molar-refractivity contribution in [1.82, 2.24) is 14.3 Å². The summed E-state index contributed by atoms with van der Waals surface area (Å²) in [6, 6.07) is 16.4. The van der Waals surface area contributed by atoms with Crippen LogP contribution < -0.4 is 20.2 Å². The first kappa shape index (κ1) is 19.1. The number of aryl methyl sites for hydroxylation is 2. The zero-order valence-electron chi connectivity index (χ0n) is 17.2. The number of hydrogen-bond donors (Lipinski definition) is 0. The second-order valence-corrected chi connectivity index (χ2v) is 7.17. The van der Waals surface area contributed by atoms with E-state index in [0.717, 1.165) is 37.6 Å². The molecule has 1 aliphatic heterocycles. The third-order valence-corrected chi connectivity index (χ3v) is 5.49. The Morgan fingerprint density at radius 2 is 1.34 bits per heavy atom. The molecule has 1 saturated heterocycles. The van der Waals surface area contributed by atoms with Crippen molar-refractivity contribution in [3.8, 4) is 11.4 Å². The minimum absolute atomic E-state index is 0.0918. The summed E-state index contributed by atoms with van der Waals surface area (Å²) < 4.78 is 8.39. The van der Waals surface area contributed by atoms with Gasteiger partial charge < -0.3 is 14.5 Å². The molecule has 1 aliphatic rings. The van der Waals surface area contributed by atoms with Gasteiger partial charge in [0.2, 0.25) is 0 Å². The molecule has 4 rings (SSSR count). The number of ether oxygens (including phenoxy) is 1. The molecular weight excluding hydrogens is 366 g/mol. The Morgan fingerprint density at radius 1 is 0.862 bits per heavy atom. The van der Waals surface area contributed by atoms with E-state index < -0.39 is 0 Å². The Bertz CT molecular complexity index is 1010. The maximum absolute atomic E-state index is 12.5. The van der Waals surface area contributed by atoms with E-state index in [9.17, 15) is 4.79 Å². The van der Waals surface area contributed by atoms with Crippen LogP contribution >= 0.6 is 0 Å². The van der Waals surface area contributed by atoms with Gasteiger partial charge in [-0.1, -0.05) is 0 Å².